The molecule has 1 heterocycles. The van der Waals surface area contributed by atoms with E-state index in [1.54, 1.807) is 0 Å². The van der Waals surface area contributed by atoms with E-state index in [4.69, 9.17) is 14.5 Å². The molecule has 2 atom stereocenters. The number of hydrogen-bond donors (Lipinski definition) is 0. The molecule has 5 heteroatoms. The normalized spacial score (nSPS) is 24.0. The van der Waals surface area contributed by atoms with E-state index in [0.717, 1.165) is 54.6 Å². The van der Waals surface area contributed by atoms with E-state index in [1.165, 1.54) is 0 Å². The van der Waals surface area contributed by atoms with Crippen LogP contribution in [0.3, 0.4) is 0 Å². The summed E-state index contributed by atoms with van der Waals surface area (Å²) in [5.41, 5.74) is 3.57. The van der Waals surface area contributed by atoms with Crippen LogP contribution in [0.15, 0.2) is 34.5 Å². The first-order valence-electron chi connectivity index (χ1n) is 10.9. The molecule has 5 nitrogen and oxygen atoms in total. The number of fused-ring (bicyclic) bond motifs is 1. The van der Waals surface area contributed by atoms with Gasteiger partial charge in [-0.1, -0.05) is 13.0 Å². The zero-order valence-corrected chi connectivity index (χ0v) is 17.3. The fraction of sp³-hybridized carbons (Fsp3) is 0.542. The third-order valence-electron chi connectivity index (χ3n) is 6.00. The Morgan fingerprint density at radius 3 is 2.59 bits per heavy atom. The molecule has 154 valence electrons. The van der Waals surface area contributed by atoms with E-state index in [-0.39, 0.29) is 23.4 Å². The number of nitrogens with zero attached hydrogens (tertiary/aromatic N) is 1. The molecule has 29 heavy (non-hydrogen) atoms. The molecule has 3 aliphatic rings. The van der Waals surface area contributed by atoms with Crippen molar-refractivity contribution in [3.63, 3.8) is 0 Å². The highest BCUT2D eigenvalue weighted by Crippen LogP contribution is 2.47. The van der Waals surface area contributed by atoms with Gasteiger partial charge < -0.3 is 9.47 Å². The zero-order valence-electron chi connectivity index (χ0n) is 17.3. The Bertz CT molecular complexity index is 883. The van der Waals surface area contributed by atoms with Crippen LogP contribution in [0.1, 0.15) is 70.3 Å². The van der Waals surface area contributed by atoms with Crippen LogP contribution >= 0.6 is 0 Å². The number of rotatable bonds is 6. The van der Waals surface area contributed by atoms with Crippen LogP contribution in [-0.2, 0) is 9.59 Å². The predicted molar refractivity (Wildman–Crippen MR) is 112 cm³/mol. The average molecular weight is 395 g/mol. The first-order valence-corrected chi connectivity index (χ1v) is 10.9. The first kappa shape index (κ1) is 19.9. The maximum Gasteiger partial charge on any atom is 0.161 e. The molecular weight excluding hydrogens is 366 g/mol. The smallest absolute Gasteiger partial charge is 0.161 e. The van der Waals surface area contributed by atoms with E-state index in [0.29, 0.717) is 37.6 Å². The molecule has 0 bridgehead atoms. The fourth-order valence-electron chi connectivity index (χ4n) is 4.78. The minimum Gasteiger partial charge on any atom is -0.490 e. The molecule has 4 rings (SSSR count). The van der Waals surface area contributed by atoms with Crippen LogP contribution in [0.5, 0.6) is 11.5 Å². The second kappa shape index (κ2) is 8.52. The summed E-state index contributed by atoms with van der Waals surface area (Å²) >= 11 is 0. The van der Waals surface area contributed by atoms with Gasteiger partial charge in [0.15, 0.2) is 17.3 Å². The van der Waals surface area contributed by atoms with Crippen LogP contribution in [-0.4, -0.2) is 30.5 Å². The second-order valence-corrected chi connectivity index (χ2v) is 8.00. The molecule has 0 aromatic heterocycles. The SMILES string of the molecule is CCCOc1ccc([C@H]2C3=C(CCCC3=O)N=C3CCCC(=O)C32)cc1OCC. The van der Waals surface area contributed by atoms with Gasteiger partial charge in [-0.05, 0) is 56.7 Å². The highest BCUT2D eigenvalue weighted by Gasteiger charge is 2.44. The topological polar surface area (TPSA) is 65.0 Å². The van der Waals surface area contributed by atoms with Crippen molar-refractivity contribution in [2.75, 3.05) is 13.2 Å². The minimum absolute atomic E-state index is 0.140. The van der Waals surface area contributed by atoms with Crippen molar-refractivity contribution in [1.29, 1.82) is 0 Å². The van der Waals surface area contributed by atoms with Gasteiger partial charge in [0.2, 0.25) is 0 Å². The average Bonchev–Trinajstić information content (AvgIpc) is 2.72. The van der Waals surface area contributed by atoms with Crippen molar-refractivity contribution < 1.29 is 19.1 Å². The lowest BCUT2D eigenvalue weighted by molar-refractivity contribution is -0.122. The van der Waals surface area contributed by atoms with Crippen molar-refractivity contribution in [3.8, 4) is 11.5 Å². The monoisotopic (exact) mass is 395 g/mol. The lowest BCUT2D eigenvalue weighted by Gasteiger charge is -2.38. The summed E-state index contributed by atoms with van der Waals surface area (Å²) in [5.74, 6) is 1.16. The summed E-state index contributed by atoms with van der Waals surface area (Å²) in [7, 11) is 0. The van der Waals surface area contributed by atoms with E-state index in [1.807, 2.05) is 25.1 Å². The third-order valence-corrected chi connectivity index (χ3v) is 6.00. The van der Waals surface area contributed by atoms with Crippen molar-refractivity contribution in [3.05, 3.63) is 35.0 Å². The van der Waals surface area contributed by atoms with Gasteiger partial charge in [-0.15, -0.1) is 0 Å². The summed E-state index contributed by atoms with van der Waals surface area (Å²) < 4.78 is 11.7. The molecular formula is C24H29NO4. The lowest BCUT2D eigenvalue weighted by Crippen LogP contribution is -2.39. The van der Waals surface area contributed by atoms with Crippen molar-refractivity contribution >= 4 is 17.3 Å². The Balaban J connectivity index is 1.81. The van der Waals surface area contributed by atoms with Crippen molar-refractivity contribution in [2.45, 2.75) is 64.7 Å². The number of Topliss-reactive ketones (excluding diaryl/α,β-unsaturated/α-hetero) is 2. The first-order chi connectivity index (χ1) is 14.1. The minimum atomic E-state index is -0.318. The molecule has 1 aromatic carbocycles. The van der Waals surface area contributed by atoms with Crippen molar-refractivity contribution in [2.24, 2.45) is 10.9 Å². The van der Waals surface area contributed by atoms with Gasteiger partial charge in [-0.25, -0.2) is 0 Å². The predicted octanol–water partition coefficient (Wildman–Crippen LogP) is 4.79. The number of ketones is 2. The third kappa shape index (κ3) is 3.75. The summed E-state index contributed by atoms with van der Waals surface area (Å²) in [6, 6.07) is 5.88. The molecule has 0 saturated heterocycles. The Kier molecular flexibility index (Phi) is 5.84. The van der Waals surface area contributed by atoms with Gasteiger partial charge in [-0.3, -0.25) is 14.6 Å². The zero-order chi connectivity index (χ0) is 20.4. The Labute approximate surface area is 172 Å². The number of aliphatic imine (C=N–C) groups is 1. The number of carbonyl (C=O) groups excluding carboxylic acids is 2. The van der Waals surface area contributed by atoms with Gasteiger partial charge in [0.1, 0.15) is 5.78 Å². The number of hydrogen-bond acceptors (Lipinski definition) is 5. The molecule has 1 saturated carbocycles. The van der Waals surface area contributed by atoms with Gasteiger partial charge in [-0.2, -0.15) is 0 Å². The maximum absolute atomic E-state index is 12.9. The van der Waals surface area contributed by atoms with E-state index >= 15 is 0 Å². The highest BCUT2D eigenvalue weighted by molar-refractivity contribution is 6.12. The standard InChI is InChI=1S/C24H29NO4/c1-3-13-29-20-12-11-15(14-21(20)28-4-2)22-23-16(7-5-9-18(23)26)25-17-8-6-10-19(27)24(17)22/h11-12,14,22-23H,3-10,13H2,1-2H3/t22-,23?/m1/s1. The van der Waals surface area contributed by atoms with Crippen LogP contribution in [0.25, 0.3) is 0 Å². The summed E-state index contributed by atoms with van der Waals surface area (Å²) in [6.07, 6.45) is 5.37. The van der Waals surface area contributed by atoms with Crippen molar-refractivity contribution in [1.82, 2.24) is 0 Å². The quantitative estimate of drug-likeness (QED) is 0.695. The fourth-order valence-corrected chi connectivity index (χ4v) is 4.78. The molecule has 0 amide bonds. The molecule has 1 fully saturated rings. The Morgan fingerprint density at radius 1 is 0.966 bits per heavy atom. The molecule has 0 N–H and O–H groups in total. The molecule has 0 spiro atoms. The lowest BCUT2D eigenvalue weighted by atomic mass is 9.67. The molecule has 1 aliphatic heterocycles. The summed E-state index contributed by atoms with van der Waals surface area (Å²) in [4.78, 5) is 30.7. The largest absolute Gasteiger partial charge is 0.490 e. The van der Waals surface area contributed by atoms with E-state index in [9.17, 15) is 9.59 Å². The Hall–Kier alpha value is -2.43. The van der Waals surface area contributed by atoms with Crippen LogP contribution in [0.2, 0.25) is 0 Å². The van der Waals surface area contributed by atoms with Crippen LogP contribution in [0, 0.1) is 5.92 Å². The number of carbonyl (C=O) groups is 2. The molecule has 0 radical (unpaired) electrons. The number of allylic oxidation sites excluding steroid dienone is 2. The van der Waals surface area contributed by atoms with Crippen LogP contribution in [0.4, 0.5) is 0 Å². The molecule has 2 aliphatic carbocycles. The number of benzene rings is 1. The molecule has 1 aromatic rings. The van der Waals surface area contributed by atoms with Gasteiger partial charge in [0, 0.05) is 35.7 Å². The van der Waals surface area contributed by atoms with Gasteiger partial charge in [0.25, 0.3) is 0 Å². The summed E-state index contributed by atoms with van der Waals surface area (Å²) in [5, 5.41) is 0. The molecule has 1 unspecified atom stereocenters. The second-order valence-electron chi connectivity index (χ2n) is 8.00. The maximum atomic E-state index is 12.9. The highest BCUT2D eigenvalue weighted by atomic mass is 16.5. The summed E-state index contributed by atoms with van der Waals surface area (Å²) in [6.45, 7) is 5.15. The van der Waals surface area contributed by atoms with E-state index in [2.05, 4.69) is 6.92 Å². The van der Waals surface area contributed by atoms with Crippen LogP contribution < -0.4 is 9.47 Å². The van der Waals surface area contributed by atoms with Gasteiger partial charge >= 0.3 is 0 Å². The van der Waals surface area contributed by atoms with Gasteiger partial charge in [0.05, 0.1) is 19.1 Å². The Morgan fingerprint density at radius 2 is 1.79 bits per heavy atom. The van der Waals surface area contributed by atoms with E-state index < -0.39 is 0 Å². The number of ether oxygens (including phenoxy) is 2.